The number of hydrogen-bond acceptors (Lipinski definition) is 6. The zero-order chi connectivity index (χ0) is 13.5. The highest BCUT2D eigenvalue weighted by Gasteiger charge is 2.20. The van der Waals surface area contributed by atoms with Gasteiger partial charge in [0.1, 0.15) is 18.0 Å². The predicted molar refractivity (Wildman–Crippen MR) is 74.2 cm³/mol. The molecular formula is C13H22N4O2. The maximum absolute atomic E-state index is 9.09. The number of hydrogen-bond donors (Lipinski definition) is 3. The average Bonchev–Trinajstić information content (AvgIpc) is 3.26. The van der Waals surface area contributed by atoms with Crippen molar-refractivity contribution in [1.29, 1.82) is 0 Å². The van der Waals surface area contributed by atoms with Crippen molar-refractivity contribution >= 4 is 11.6 Å². The summed E-state index contributed by atoms with van der Waals surface area (Å²) in [5.74, 6) is 2.40. The molecular weight excluding hydrogens is 244 g/mol. The molecule has 19 heavy (non-hydrogen) atoms. The SMILES string of the molecule is OCCCN(CCO)c1cc(NCC2CC2)ncn1. The summed E-state index contributed by atoms with van der Waals surface area (Å²) in [4.78, 5) is 10.4. The Morgan fingerprint density at radius 1 is 1.21 bits per heavy atom. The number of nitrogens with zero attached hydrogens (tertiary/aromatic N) is 3. The fraction of sp³-hybridized carbons (Fsp3) is 0.692. The quantitative estimate of drug-likeness (QED) is 0.603. The Morgan fingerprint density at radius 2 is 2.05 bits per heavy atom. The highest BCUT2D eigenvalue weighted by molar-refractivity contribution is 5.48. The molecule has 1 heterocycles. The zero-order valence-corrected chi connectivity index (χ0v) is 11.1. The van der Waals surface area contributed by atoms with Gasteiger partial charge in [-0.2, -0.15) is 0 Å². The molecule has 1 fully saturated rings. The van der Waals surface area contributed by atoms with Crippen molar-refractivity contribution in [1.82, 2.24) is 9.97 Å². The first-order valence-electron chi connectivity index (χ1n) is 6.86. The second kappa shape index (κ2) is 7.25. The first-order chi connectivity index (χ1) is 9.33. The van der Waals surface area contributed by atoms with E-state index in [0.717, 1.165) is 24.1 Å². The lowest BCUT2D eigenvalue weighted by molar-refractivity contribution is 0.281. The largest absolute Gasteiger partial charge is 0.396 e. The Labute approximate surface area is 113 Å². The summed E-state index contributed by atoms with van der Waals surface area (Å²) in [7, 11) is 0. The van der Waals surface area contributed by atoms with Gasteiger partial charge in [-0.1, -0.05) is 0 Å². The second-order valence-corrected chi connectivity index (χ2v) is 4.87. The van der Waals surface area contributed by atoms with Crippen molar-refractivity contribution in [2.24, 2.45) is 5.92 Å². The van der Waals surface area contributed by atoms with E-state index in [4.69, 9.17) is 10.2 Å². The maximum atomic E-state index is 9.09. The van der Waals surface area contributed by atoms with E-state index in [9.17, 15) is 0 Å². The highest BCUT2D eigenvalue weighted by atomic mass is 16.3. The van der Waals surface area contributed by atoms with Gasteiger partial charge in [0, 0.05) is 32.3 Å². The molecule has 6 heteroatoms. The molecule has 0 atom stereocenters. The van der Waals surface area contributed by atoms with Crippen LogP contribution in [0.4, 0.5) is 11.6 Å². The van der Waals surface area contributed by atoms with Crippen LogP contribution in [0.15, 0.2) is 12.4 Å². The van der Waals surface area contributed by atoms with E-state index in [1.165, 1.54) is 19.2 Å². The van der Waals surface area contributed by atoms with E-state index in [0.29, 0.717) is 19.5 Å². The molecule has 0 aromatic carbocycles. The van der Waals surface area contributed by atoms with Crippen LogP contribution in [0.2, 0.25) is 0 Å². The standard InChI is InChI=1S/C13H22N4O2/c18-6-1-4-17(5-7-19)13-8-12(15-10-16-13)14-9-11-2-3-11/h8,10-11,18-19H,1-7,9H2,(H,14,15,16). The average molecular weight is 266 g/mol. The molecule has 0 amide bonds. The van der Waals surface area contributed by atoms with Gasteiger partial charge in [0.2, 0.25) is 0 Å². The Balaban J connectivity index is 1.96. The zero-order valence-electron chi connectivity index (χ0n) is 11.1. The van der Waals surface area contributed by atoms with Crippen LogP contribution in [0, 0.1) is 5.92 Å². The number of nitrogens with one attached hydrogen (secondary N) is 1. The predicted octanol–water partition coefficient (Wildman–Crippen LogP) is 0.480. The number of aliphatic hydroxyl groups is 2. The van der Waals surface area contributed by atoms with Crippen molar-refractivity contribution < 1.29 is 10.2 Å². The summed E-state index contributed by atoms with van der Waals surface area (Å²) in [6, 6.07) is 1.90. The van der Waals surface area contributed by atoms with Crippen LogP contribution in [0.1, 0.15) is 19.3 Å². The number of rotatable bonds is 9. The van der Waals surface area contributed by atoms with E-state index in [1.54, 1.807) is 0 Å². The van der Waals surface area contributed by atoms with Crippen molar-refractivity contribution in [2.45, 2.75) is 19.3 Å². The van der Waals surface area contributed by atoms with Gasteiger partial charge in [-0.3, -0.25) is 0 Å². The Bertz CT molecular complexity index is 385. The molecule has 1 aliphatic carbocycles. The third kappa shape index (κ3) is 4.65. The van der Waals surface area contributed by atoms with Crippen molar-refractivity contribution in [3.05, 3.63) is 12.4 Å². The van der Waals surface area contributed by atoms with E-state index in [2.05, 4.69) is 15.3 Å². The van der Waals surface area contributed by atoms with E-state index in [1.807, 2.05) is 11.0 Å². The molecule has 0 bridgehead atoms. The topological polar surface area (TPSA) is 81.5 Å². The van der Waals surface area contributed by atoms with Gasteiger partial charge in [-0.05, 0) is 25.2 Å². The summed E-state index contributed by atoms with van der Waals surface area (Å²) in [5.41, 5.74) is 0. The van der Waals surface area contributed by atoms with Crippen molar-refractivity contribution in [3.8, 4) is 0 Å². The molecule has 1 aromatic heterocycles. The Kier molecular flexibility index (Phi) is 5.35. The van der Waals surface area contributed by atoms with Crippen LogP contribution >= 0.6 is 0 Å². The van der Waals surface area contributed by atoms with Crippen molar-refractivity contribution in [3.63, 3.8) is 0 Å². The second-order valence-electron chi connectivity index (χ2n) is 4.87. The summed E-state index contributed by atoms with van der Waals surface area (Å²) < 4.78 is 0. The lowest BCUT2D eigenvalue weighted by atomic mass is 10.3. The molecule has 1 aliphatic rings. The molecule has 0 aliphatic heterocycles. The minimum absolute atomic E-state index is 0.0697. The Morgan fingerprint density at radius 3 is 2.74 bits per heavy atom. The van der Waals surface area contributed by atoms with E-state index < -0.39 is 0 Å². The highest BCUT2D eigenvalue weighted by Crippen LogP contribution is 2.28. The minimum Gasteiger partial charge on any atom is -0.396 e. The van der Waals surface area contributed by atoms with E-state index >= 15 is 0 Å². The molecule has 0 saturated heterocycles. The van der Waals surface area contributed by atoms with Crippen LogP contribution in [-0.4, -0.2) is 53.0 Å². The summed E-state index contributed by atoms with van der Waals surface area (Å²) >= 11 is 0. The first kappa shape index (κ1) is 14.0. The van der Waals surface area contributed by atoms with Gasteiger partial charge in [-0.15, -0.1) is 0 Å². The van der Waals surface area contributed by atoms with Crippen molar-refractivity contribution in [2.75, 3.05) is 43.1 Å². The molecule has 6 nitrogen and oxygen atoms in total. The first-order valence-corrected chi connectivity index (χ1v) is 6.86. The number of aliphatic hydroxyl groups excluding tert-OH is 2. The minimum atomic E-state index is 0.0697. The molecule has 0 radical (unpaired) electrons. The normalized spacial score (nSPS) is 14.4. The number of anilines is 2. The molecule has 106 valence electrons. The maximum Gasteiger partial charge on any atom is 0.134 e. The molecule has 0 unspecified atom stereocenters. The molecule has 1 aromatic rings. The summed E-state index contributed by atoms with van der Waals surface area (Å²) in [6.45, 7) is 2.36. The van der Waals surface area contributed by atoms with Gasteiger partial charge < -0.3 is 20.4 Å². The lowest BCUT2D eigenvalue weighted by Gasteiger charge is -2.22. The van der Waals surface area contributed by atoms with Crippen LogP contribution in [0.25, 0.3) is 0 Å². The summed E-state index contributed by atoms with van der Waals surface area (Å²) in [6.07, 6.45) is 4.80. The smallest absolute Gasteiger partial charge is 0.134 e. The van der Waals surface area contributed by atoms with Crippen LogP contribution in [0.3, 0.4) is 0 Å². The van der Waals surface area contributed by atoms with Crippen LogP contribution in [-0.2, 0) is 0 Å². The molecule has 1 saturated carbocycles. The third-order valence-electron chi connectivity index (χ3n) is 3.20. The fourth-order valence-electron chi connectivity index (χ4n) is 1.91. The molecule has 0 spiro atoms. The Hall–Kier alpha value is -1.40. The van der Waals surface area contributed by atoms with Gasteiger partial charge in [0.05, 0.1) is 6.61 Å². The third-order valence-corrected chi connectivity index (χ3v) is 3.20. The lowest BCUT2D eigenvalue weighted by Crippen LogP contribution is -2.29. The monoisotopic (exact) mass is 266 g/mol. The van der Waals surface area contributed by atoms with Gasteiger partial charge in [-0.25, -0.2) is 9.97 Å². The van der Waals surface area contributed by atoms with Gasteiger partial charge in [0.15, 0.2) is 0 Å². The number of aromatic nitrogens is 2. The van der Waals surface area contributed by atoms with Crippen LogP contribution in [0.5, 0.6) is 0 Å². The summed E-state index contributed by atoms with van der Waals surface area (Å²) in [5, 5.41) is 21.3. The molecule has 2 rings (SSSR count). The van der Waals surface area contributed by atoms with E-state index in [-0.39, 0.29) is 13.2 Å². The van der Waals surface area contributed by atoms with Gasteiger partial charge >= 0.3 is 0 Å². The molecule has 3 N–H and O–H groups in total. The van der Waals surface area contributed by atoms with Gasteiger partial charge in [0.25, 0.3) is 0 Å². The van der Waals surface area contributed by atoms with Crippen LogP contribution < -0.4 is 10.2 Å². The fourth-order valence-corrected chi connectivity index (χ4v) is 1.91.